The zero-order valence-electron chi connectivity index (χ0n) is 11.9. The number of nitriles is 1. The van der Waals surface area contributed by atoms with E-state index in [1.807, 2.05) is 6.92 Å². The predicted octanol–water partition coefficient (Wildman–Crippen LogP) is 2.69. The third-order valence-corrected chi connectivity index (χ3v) is 2.76. The van der Waals surface area contributed by atoms with Crippen LogP contribution in [0.1, 0.15) is 12.5 Å². The lowest BCUT2D eigenvalue weighted by atomic mass is 10.2. The number of nitrogen functional groups attached to an aromatic ring is 1. The van der Waals surface area contributed by atoms with Gasteiger partial charge in [-0.05, 0) is 31.2 Å². The van der Waals surface area contributed by atoms with Crippen LogP contribution in [0.5, 0.6) is 11.6 Å². The molecule has 0 fully saturated rings. The Morgan fingerprint density at radius 1 is 1.33 bits per heavy atom. The van der Waals surface area contributed by atoms with Gasteiger partial charge in [-0.15, -0.1) is 0 Å². The molecule has 0 radical (unpaired) electrons. The zero-order chi connectivity index (χ0) is 15.2. The van der Waals surface area contributed by atoms with E-state index in [9.17, 15) is 0 Å². The Labute approximate surface area is 123 Å². The summed E-state index contributed by atoms with van der Waals surface area (Å²) in [5, 5.41) is 12.0. The molecule has 1 heterocycles. The second kappa shape index (κ2) is 6.48. The van der Waals surface area contributed by atoms with E-state index in [0.29, 0.717) is 41.0 Å². The number of aromatic nitrogens is 1. The Hall–Kier alpha value is -2.94. The molecule has 0 unspecified atom stereocenters. The lowest BCUT2D eigenvalue weighted by Crippen LogP contribution is -2.02. The monoisotopic (exact) mass is 284 g/mol. The molecule has 0 aliphatic heterocycles. The van der Waals surface area contributed by atoms with Crippen LogP contribution in [0.2, 0.25) is 0 Å². The highest BCUT2D eigenvalue weighted by molar-refractivity contribution is 5.67. The molecule has 2 aromatic rings. The Morgan fingerprint density at radius 2 is 2.14 bits per heavy atom. The van der Waals surface area contributed by atoms with Crippen LogP contribution >= 0.6 is 0 Å². The number of rotatable bonds is 5. The highest BCUT2D eigenvalue weighted by Gasteiger charge is 2.08. The number of ether oxygens (including phenoxy) is 2. The minimum atomic E-state index is 0.384. The summed E-state index contributed by atoms with van der Waals surface area (Å²) in [6.45, 7) is 2.35. The lowest BCUT2D eigenvalue weighted by molar-refractivity contribution is 0.329. The van der Waals surface area contributed by atoms with Crippen LogP contribution < -0.4 is 20.5 Å². The summed E-state index contributed by atoms with van der Waals surface area (Å²) in [6.07, 6.45) is 0. The second-order valence-electron chi connectivity index (χ2n) is 4.18. The Kier molecular flexibility index (Phi) is 4.46. The lowest BCUT2D eigenvalue weighted by Gasteiger charge is -2.12. The second-order valence-corrected chi connectivity index (χ2v) is 4.18. The van der Waals surface area contributed by atoms with Crippen molar-refractivity contribution in [2.45, 2.75) is 6.92 Å². The van der Waals surface area contributed by atoms with Gasteiger partial charge >= 0.3 is 0 Å². The number of methoxy groups -OCH3 is 1. The normalized spacial score (nSPS) is 9.76. The van der Waals surface area contributed by atoms with Gasteiger partial charge in [-0.1, -0.05) is 0 Å². The molecule has 0 atom stereocenters. The number of nitrogens with two attached hydrogens (primary N) is 1. The van der Waals surface area contributed by atoms with E-state index >= 15 is 0 Å². The molecule has 0 saturated carbocycles. The SMILES string of the molecule is CCOc1nc(Nc2ccc(C#N)cc2OC)ccc1N. The molecule has 1 aromatic heterocycles. The first kappa shape index (κ1) is 14.5. The predicted molar refractivity (Wildman–Crippen MR) is 80.8 cm³/mol. The molecule has 108 valence electrons. The Morgan fingerprint density at radius 3 is 2.81 bits per heavy atom. The fourth-order valence-electron chi connectivity index (χ4n) is 1.78. The summed E-state index contributed by atoms with van der Waals surface area (Å²) in [6, 6.07) is 10.6. The van der Waals surface area contributed by atoms with Crippen molar-refractivity contribution in [1.29, 1.82) is 5.26 Å². The maximum atomic E-state index is 8.90. The smallest absolute Gasteiger partial charge is 0.239 e. The van der Waals surface area contributed by atoms with Crippen LogP contribution in [0.15, 0.2) is 30.3 Å². The number of benzene rings is 1. The number of hydrogen-bond donors (Lipinski definition) is 2. The number of pyridine rings is 1. The molecule has 3 N–H and O–H groups in total. The van der Waals surface area contributed by atoms with Crippen LogP contribution in [0.4, 0.5) is 17.2 Å². The molecule has 1 aromatic carbocycles. The summed E-state index contributed by atoms with van der Waals surface area (Å²) < 4.78 is 10.6. The van der Waals surface area contributed by atoms with Crippen molar-refractivity contribution >= 4 is 17.2 Å². The third kappa shape index (κ3) is 3.34. The molecular formula is C15H16N4O2. The van der Waals surface area contributed by atoms with E-state index in [0.717, 1.165) is 0 Å². The molecule has 0 spiro atoms. The van der Waals surface area contributed by atoms with Crippen molar-refractivity contribution in [2.24, 2.45) is 0 Å². The van der Waals surface area contributed by atoms with Crippen molar-refractivity contribution in [1.82, 2.24) is 4.98 Å². The average molecular weight is 284 g/mol. The fourth-order valence-corrected chi connectivity index (χ4v) is 1.78. The number of hydrogen-bond acceptors (Lipinski definition) is 6. The highest BCUT2D eigenvalue weighted by Crippen LogP contribution is 2.29. The minimum absolute atomic E-state index is 0.384. The Balaban J connectivity index is 2.30. The van der Waals surface area contributed by atoms with Crippen molar-refractivity contribution in [3.05, 3.63) is 35.9 Å². The summed E-state index contributed by atoms with van der Waals surface area (Å²) in [5.74, 6) is 1.52. The fraction of sp³-hybridized carbons (Fsp3) is 0.200. The van der Waals surface area contributed by atoms with Gasteiger partial charge in [-0.2, -0.15) is 10.2 Å². The van der Waals surface area contributed by atoms with E-state index in [4.69, 9.17) is 20.5 Å². The molecule has 0 aliphatic rings. The van der Waals surface area contributed by atoms with Crippen molar-refractivity contribution in [3.63, 3.8) is 0 Å². The highest BCUT2D eigenvalue weighted by atomic mass is 16.5. The zero-order valence-corrected chi connectivity index (χ0v) is 11.9. The largest absolute Gasteiger partial charge is 0.495 e. The first-order valence-electron chi connectivity index (χ1n) is 6.42. The van der Waals surface area contributed by atoms with Crippen molar-refractivity contribution in [2.75, 3.05) is 24.8 Å². The molecular weight excluding hydrogens is 268 g/mol. The van der Waals surface area contributed by atoms with Crippen LogP contribution in [0, 0.1) is 11.3 Å². The molecule has 21 heavy (non-hydrogen) atoms. The van der Waals surface area contributed by atoms with E-state index in [1.54, 1.807) is 37.4 Å². The third-order valence-electron chi connectivity index (χ3n) is 2.76. The maximum absolute atomic E-state index is 8.90. The van der Waals surface area contributed by atoms with Gasteiger partial charge in [-0.3, -0.25) is 0 Å². The molecule has 0 saturated heterocycles. The number of anilines is 3. The number of nitrogens with zero attached hydrogens (tertiary/aromatic N) is 2. The number of nitrogens with one attached hydrogen (secondary N) is 1. The first-order chi connectivity index (χ1) is 10.2. The summed E-state index contributed by atoms with van der Waals surface area (Å²) in [5.41, 5.74) is 7.50. The van der Waals surface area contributed by atoms with E-state index in [1.165, 1.54) is 0 Å². The topological polar surface area (TPSA) is 93.2 Å². The van der Waals surface area contributed by atoms with Gasteiger partial charge in [0.05, 0.1) is 36.7 Å². The summed E-state index contributed by atoms with van der Waals surface area (Å²) in [4.78, 5) is 4.30. The summed E-state index contributed by atoms with van der Waals surface area (Å²) >= 11 is 0. The van der Waals surface area contributed by atoms with Gasteiger partial charge in [0.25, 0.3) is 0 Å². The van der Waals surface area contributed by atoms with Gasteiger partial charge < -0.3 is 20.5 Å². The molecule has 6 nitrogen and oxygen atoms in total. The van der Waals surface area contributed by atoms with E-state index in [2.05, 4.69) is 16.4 Å². The first-order valence-corrected chi connectivity index (χ1v) is 6.42. The standard InChI is InChI=1S/C15H16N4O2/c1-3-21-15-11(17)5-7-14(19-15)18-12-6-4-10(9-16)8-13(12)20-2/h4-8H,3,17H2,1-2H3,(H,18,19). The quantitative estimate of drug-likeness (QED) is 0.876. The van der Waals surface area contributed by atoms with Crippen molar-refractivity contribution < 1.29 is 9.47 Å². The van der Waals surface area contributed by atoms with Crippen LogP contribution in [-0.4, -0.2) is 18.7 Å². The van der Waals surface area contributed by atoms with Crippen LogP contribution in [-0.2, 0) is 0 Å². The molecule has 0 bridgehead atoms. The van der Waals surface area contributed by atoms with E-state index in [-0.39, 0.29) is 0 Å². The van der Waals surface area contributed by atoms with Crippen molar-refractivity contribution in [3.8, 4) is 17.7 Å². The van der Waals surface area contributed by atoms with Gasteiger partial charge in [0.15, 0.2) is 0 Å². The van der Waals surface area contributed by atoms with E-state index < -0.39 is 0 Å². The molecule has 2 rings (SSSR count). The van der Waals surface area contributed by atoms with Gasteiger partial charge in [0, 0.05) is 6.07 Å². The van der Waals surface area contributed by atoms with Crippen LogP contribution in [0.25, 0.3) is 0 Å². The maximum Gasteiger partial charge on any atom is 0.239 e. The molecule has 6 heteroatoms. The minimum Gasteiger partial charge on any atom is -0.495 e. The van der Waals surface area contributed by atoms with Gasteiger partial charge in [0.2, 0.25) is 5.88 Å². The van der Waals surface area contributed by atoms with Gasteiger partial charge in [-0.25, -0.2) is 0 Å². The Bertz CT molecular complexity index is 680. The van der Waals surface area contributed by atoms with Crippen LogP contribution in [0.3, 0.4) is 0 Å². The molecule has 0 amide bonds. The molecule has 0 aliphatic carbocycles. The van der Waals surface area contributed by atoms with Gasteiger partial charge in [0.1, 0.15) is 11.6 Å². The summed E-state index contributed by atoms with van der Waals surface area (Å²) in [7, 11) is 1.55. The average Bonchev–Trinajstić information content (AvgIpc) is 2.51.